The molecular formula is C22H33BrN2O2. The number of alkyl halides is 1. The van der Waals surface area contributed by atoms with Crippen molar-refractivity contribution < 1.29 is 9.59 Å². The highest BCUT2D eigenvalue weighted by Crippen LogP contribution is 2.65. The van der Waals surface area contributed by atoms with Gasteiger partial charge in [0.05, 0.1) is 0 Å². The first kappa shape index (κ1) is 18.4. The lowest BCUT2D eigenvalue weighted by Crippen LogP contribution is -2.54. The summed E-state index contributed by atoms with van der Waals surface area (Å²) in [6, 6.07) is 0. The summed E-state index contributed by atoms with van der Waals surface area (Å²) in [5, 5.41) is 0. The quantitative estimate of drug-likeness (QED) is 0.627. The van der Waals surface area contributed by atoms with Gasteiger partial charge in [0.25, 0.3) is 0 Å². The van der Waals surface area contributed by atoms with Gasteiger partial charge in [0.15, 0.2) is 0 Å². The molecule has 0 radical (unpaired) electrons. The summed E-state index contributed by atoms with van der Waals surface area (Å²) in [6.45, 7) is 3.45. The first-order valence-corrected chi connectivity index (χ1v) is 12.0. The van der Waals surface area contributed by atoms with Crippen LogP contribution in [-0.2, 0) is 9.59 Å². The summed E-state index contributed by atoms with van der Waals surface area (Å²) < 4.78 is 0.326. The molecule has 2 heterocycles. The lowest BCUT2D eigenvalue weighted by molar-refractivity contribution is -0.143. The van der Waals surface area contributed by atoms with Crippen molar-refractivity contribution in [3.05, 3.63) is 0 Å². The predicted molar refractivity (Wildman–Crippen MR) is 109 cm³/mol. The number of amides is 2. The molecule has 4 aliphatic carbocycles. The molecule has 2 aliphatic heterocycles. The minimum absolute atomic E-state index is 0.150. The Balaban J connectivity index is 1.17. The third-order valence-corrected chi connectivity index (χ3v) is 9.18. The monoisotopic (exact) mass is 436 g/mol. The van der Waals surface area contributed by atoms with Crippen molar-refractivity contribution in [1.29, 1.82) is 0 Å². The van der Waals surface area contributed by atoms with Crippen LogP contribution >= 0.6 is 15.9 Å². The Hall–Kier alpha value is -0.580. The maximum absolute atomic E-state index is 13.1. The van der Waals surface area contributed by atoms with Crippen LogP contribution in [0.15, 0.2) is 0 Å². The van der Waals surface area contributed by atoms with E-state index in [1.54, 1.807) is 0 Å². The van der Waals surface area contributed by atoms with Crippen molar-refractivity contribution >= 4 is 27.7 Å². The van der Waals surface area contributed by atoms with E-state index < -0.39 is 0 Å². The number of likely N-dealkylation sites (tertiary alicyclic amines) is 2. The van der Waals surface area contributed by atoms with Crippen molar-refractivity contribution in [3.8, 4) is 0 Å². The molecule has 2 unspecified atom stereocenters. The number of carbonyl (C=O) groups excluding carboxylic acids is 2. The van der Waals surface area contributed by atoms with Crippen LogP contribution in [0.3, 0.4) is 0 Å². The van der Waals surface area contributed by atoms with Crippen LogP contribution in [0.1, 0.15) is 70.6 Å². The van der Waals surface area contributed by atoms with Gasteiger partial charge in [-0.25, -0.2) is 0 Å². The van der Waals surface area contributed by atoms with E-state index in [0.29, 0.717) is 16.1 Å². The fraction of sp³-hybridized carbons (Fsp3) is 0.909. The van der Waals surface area contributed by atoms with E-state index in [4.69, 9.17) is 0 Å². The Labute approximate surface area is 171 Å². The third-order valence-electron chi connectivity index (χ3n) is 8.25. The van der Waals surface area contributed by atoms with E-state index in [2.05, 4.69) is 20.8 Å². The van der Waals surface area contributed by atoms with Gasteiger partial charge in [-0.05, 0) is 81.5 Å². The molecule has 6 aliphatic rings. The Morgan fingerprint density at radius 1 is 0.889 bits per heavy atom. The average molecular weight is 437 g/mol. The molecule has 6 fully saturated rings. The van der Waals surface area contributed by atoms with Gasteiger partial charge in [0.1, 0.15) is 0 Å². The summed E-state index contributed by atoms with van der Waals surface area (Å²) in [5.41, 5.74) is 0.257. The van der Waals surface area contributed by atoms with Crippen molar-refractivity contribution in [2.45, 2.75) is 75.0 Å². The normalized spacial score (nSPS) is 41.4. The number of rotatable bonds is 3. The van der Waals surface area contributed by atoms with Gasteiger partial charge in [-0.15, -0.1) is 0 Å². The molecule has 0 aromatic rings. The summed E-state index contributed by atoms with van der Waals surface area (Å²) in [5.74, 6) is 2.53. The lowest BCUT2D eigenvalue weighted by atomic mass is 9.48. The van der Waals surface area contributed by atoms with E-state index in [1.165, 1.54) is 38.5 Å². The van der Waals surface area contributed by atoms with Gasteiger partial charge >= 0.3 is 0 Å². The molecule has 4 nitrogen and oxygen atoms in total. The second kappa shape index (κ2) is 6.74. The number of hydrogen-bond acceptors (Lipinski definition) is 2. The van der Waals surface area contributed by atoms with Crippen molar-refractivity contribution in [3.63, 3.8) is 0 Å². The summed E-state index contributed by atoms with van der Waals surface area (Å²) in [7, 11) is 0. The maximum atomic E-state index is 13.1. The Morgan fingerprint density at radius 3 is 2.11 bits per heavy atom. The fourth-order valence-electron chi connectivity index (χ4n) is 7.55. The Bertz CT molecular complexity index is 608. The van der Waals surface area contributed by atoms with Crippen LogP contribution in [0.2, 0.25) is 0 Å². The highest BCUT2D eigenvalue weighted by atomic mass is 79.9. The smallest absolute Gasteiger partial charge is 0.225 e. The number of nitrogens with zero attached hydrogens (tertiary/aromatic N) is 2. The topological polar surface area (TPSA) is 40.6 Å². The fourth-order valence-corrected chi connectivity index (χ4v) is 9.06. The summed E-state index contributed by atoms with van der Waals surface area (Å²) in [4.78, 5) is 29.9. The molecule has 2 atom stereocenters. The summed E-state index contributed by atoms with van der Waals surface area (Å²) in [6.07, 6.45) is 12.6. The molecule has 6 rings (SSSR count). The van der Waals surface area contributed by atoms with Gasteiger partial charge in [-0.1, -0.05) is 15.9 Å². The molecule has 4 saturated carbocycles. The van der Waals surface area contributed by atoms with E-state index in [0.717, 1.165) is 70.1 Å². The number of piperidine rings is 1. The standard InChI is InChI=1S/C22H33BrN2O2/c23-22-12-16-9-17(13-22)11-21(10-16,15-22)14-19(26)24-7-3-18(4-8-24)20(27)25-5-1-2-6-25/h16-18H,1-15H2. The zero-order valence-corrected chi connectivity index (χ0v) is 18.0. The zero-order valence-electron chi connectivity index (χ0n) is 16.4. The first-order valence-electron chi connectivity index (χ1n) is 11.2. The molecule has 27 heavy (non-hydrogen) atoms. The number of carbonyl (C=O) groups is 2. The zero-order chi connectivity index (χ0) is 18.6. The SMILES string of the molecule is O=C(CC12CC3CC(CC(Br)(C3)C1)C2)N1CCC(C(=O)N2CCCC2)CC1. The van der Waals surface area contributed by atoms with Gasteiger partial charge in [0, 0.05) is 42.8 Å². The first-order chi connectivity index (χ1) is 12.9. The molecule has 0 aromatic carbocycles. The highest BCUT2D eigenvalue weighted by Gasteiger charge is 2.57. The van der Waals surface area contributed by atoms with E-state index in [9.17, 15) is 9.59 Å². The predicted octanol–water partition coefficient (Wildman–Crippen LogP) is 3.97. The molecule has 0 aromatic heterocycles. The van der Waals surface area contributed by atoms with Crippen molar-refractivity contribution in [2.75, 3.05) is 26.2 Å². The highest BCUT2D eigenvalue weighted by molar-refractivity contribution is 9.10. The largest absolute Gasteiger partial charge is 0.343 e. The van der Waals surface area contributed by atoms with E-state index in [1.807, 2.05) is 4.90 Å². The van der Waals surface area contributed by atoms with Crippen LogP contribution < -0.4 is 0 Å². The van der Waals surface area contributed by atoms with Crippen molar-refractivity contribution in [2.24, 2.45) is 23.2 Å². The van der Waals surface area contributed by atoms with Crippen LogP contribution in [0.4, 0.5) is 0 Å². The van der Waals surface area contributed by atoms with Crippen LogP contribution in [0.25, 0.3) is 0 Å². The van der Waals surface area contributed by atoms with Gasteiger partial charge in [-0.3, -0.25) is 9.59 Å². The van der Waals surface area contributed by atoms with Crippen LogP contribution in [0.5, 0.6) is 0 Å². The van der Waals surface area contributed by atoms with Gasteiger partial charge in [-0.2, -0.15) is 0 Å². The Kier molecular flexibility index (Phi) is 4.61. The molecular weight excluding hydrogens is 404 g/mol. The van der Waals surface area contributed by atoms with Crippen molar-refractivity contribution in [1.82, 2.24) is 9.80 Å². The molecule has 2 saturated heterocycles. The molecule has 5 heteroatoms. The summed E-state index contributed by atoms with van der Waals surface area (Å²) >= 11 is 4.07. The minimum atomic E-state index is 0.150. The number of hydrogen-bond donors (Lipinski definition) is 0. The molecule has 4 bridgehead atoms. The second-order valence-electron chi connectivity index (χ2n) is 10.5. The van der Waals surface area contributed by atoms with Crippen LogP contribution in [0, 0.1) is 23.2 Å². The van der Waals surface area contributed by atoms with Crippen LogP contribution in [-0.4, -0.2) is 52.1 Å². The molecule has 0 spiro atoms. The maximum Gasteiger partial charge on any atom is 0.225 e. The lowest BCUT2D eigenvalue weighted by Gasteiger charge is -2.60. The second-order valence-corrected chi connectivity index (χ2v) is 12.2. The van der Waals surface area contributed by atoms with E-state index >= 15 is 0 Å². The minimum Gasteiger partial charge on any atom is -0.343 e. The number of halogens is 1. The Morgan fingerprint density at radius 2 is 1.52 bits per heavy atom. The van der Waals surface area contributed by atoms with E-state index in [-0.39, 0.29) is 11.3 Å². The molecule has 2 amide bonds. The molecule has 0 N–H and O–H groups in total. The van der Waals surface area contributed by atoms with Gasteiger partial charge in [0.2, 0.25) is 11.8 Å². The third kappa shape index (κ3) is 3.47. The average Bonchev–Trinajstić information content (AvgIpc) is 3.13. The van der Waals surface area contributed by atoms with Gasteiger partial charge < -0.3 is 9.80 Å². The molecule has 150 valence electrons.